The molecule has 0 bridgehead atoms. The molecule has 8 heteroatoms. The minimum atomic E-state index is -3.60. The first-order valence-electron chi connectivity index (χ1n) is 8.59. The molecule has 1 heterocycles. The number of rotatable bonds is 8. The van der Waals surface area contributed by atoms with Crippen LogP contribution in [-0.4, -0.2) is 27.5 Å². The molecule has 6 nitrogen and oxygen atoms in total. The molecule has 3 aromatic rings. The molecule has 146 valence electrons. The highest BCUT2D eigenvalue weighted by Gasteiger charge is 2.15. The number of thiophene rings is 1. The Kier molecular flexibility index (Phi) is 6.33. The lowest BCUT2D eigenvalue weighted by atomic mass is 10.2. The molecule has 28 heavy (non-hydrogen) atoms. The summed E-state index contributed by atoms with van der Waals surface area (Å²) in [5.41, 5.74) is 1.87. The van der Waals surface area contributed by atoms with Crippen molar-refractivity contribution in [3.8, 4) is 5.75 Å². The predicted molar refractivity (Wildman–Crippen MR) is 111 cm³/mol. The van der Waals surface area contributed by atoms with E-state index in [0.29, 0.717) is 24.4 Å². The van der Waals surface area contributed by atoms with E-state index in [1.165, 1.54) is 6.07 Å². The maximum absolute atomic E-state index is 12.2. The molecule has 0 aliphatic rings. The largest absolute Gasteiger partial charge is 0.491 e. The molecule has 0 fully saturated rings. The minimum absolute atomic E-state index is 0.239. The Morgan fingerprint density at radius 2 is 1.79 bits per heavy atom. The molecule has 2 aromatic carbocycles. The number of aryl methyl sites for hydroxylation is 1. The lowest BCUT2D eigenvalue weighted by Crippen LogP contribution is -2.28. The number of benzene rings is 2. The molecule has 0 aliphatic heterocycles. The third-order valence-electron chi connectivity index (χ3n) is 3.90. The summed E-state index contributed by atoms with van der Waals surface area (Å²) in [6, 6.07) is 17.2. The van der Waals surface area contributed by atoms with Gasteiger partial charge in [-0.15, -0.1) is 11.3 Å². The first kappa shape index (κ1) is 19.9. The number of hydrogen-bond acceptors (Lipinski definition) is 5. The van der Waals surface area contributed by atoms with Crippen LogP contribution >= 0.6 is 11.3 Å². The molecule has 0 spiro atoms. The van der Waals surface area contributed by atoms with Crippen LogP contribution in [0.15, 0.2) is 70.3 Å². The van der Waals surface area contributed by atoms with E-state index < -0.39 is 10.0 Å². The number of amides is 1. The van der Waals surface area contributed by atoms with Gasteiger partial charge in [-0.3, -0.25) is 9.52 Å². The van der Waals surface area contributed by atoms with Crippen LogP contribution in [0.3, 0.4) is 0 Å². The average Bonchev–Trinajstić information content (AvgIpc) is 3.22. The second kappa shape index (κ2) is 8.90. The van der Waals surface area contributed by atoms with E-state index in [2.05, 4.69) is 10.0 Å². The molecular formula is C20H20N2O4S2. The van der Waals surface area contributed by atoms with Crippen LogP contribution in [0.4, 0.5) is 5.69 Å². The van der Waals surface area contributed by atoms with Crippen molar-refractivity contribution in [2.45, 2.75) is 11.1 Å². The first-order chi connectivity index (χ1) is 13.5. The molecule has 0 saturated carbocycles. The van der Waals surface area contributed by atoms with Crippen molar-refractivity contribution >= 4 is 33.0 Å². The quantitative estimate of drug-likeness (QED) is 0.549. The summed E-state index contributed by atoms with van der Waals surface area (Å²) < 4.78 is 32.8. The lowest BCUT2D eigenvalue weighted by Gasteiger charge is -2.10. The van der Waals surface area contributed by atoms with Gasteiger partial charge in [0, 0.05) is 11.3 Å². The lowest BCUT2D eigenvalue weighted by molar-refractivity contribution is 0.0947. The van der Waals surface area contributed by atoms with Crippen LogP contribution in [0.25, 0.3) is 0 Å². The Balaban J connectivity index is 1.50. The van der Waals surface area contributed by atoms with E-state index in [1.807, 2.05) is 31.2 Å². The van der Waals surface area contributed by atoms with Crippen molar-refractivity contribution in [2.24, 2.45) is 0 Å². The number of nitrogens with one attached hydrogen (secondary N) is 2. The summed E-state index contributed by atoms with van der Waals surface area (Å²) in [5, 5.41) is 4.48. The van der Waals surface area contributed by atoms with Crippen LogP contribution in [0.1, 0.15) is 15.9 Å². The molecule has 3 rings (SSSR count). The number of para-hydroxylation sites is 1. The van der Waals surface area contributed by atoms with Crippen molar-refractivity contribution in [1.29, 1.82) is 0 Å². The van der Waals surface area contributed by atoms with Crippen LogP contribution in [0.5, 0.6) is 5.75 Å². The standard InChI is InChI=1S/C20H20N2O4S2/c1-15-5-2-3-6-18(15)26-13-12-21-20(23)16-8-10-17(11-9-16)22-28(24,25)19-7-4-14-27-19/h2-11,14,22H,12-13H2,1H3,(H,21,23). The number of ether oxygens (including phenoxy) is 1. The Morgan fingerprint density at radius 1 is 1.04 bits per heavy atom. The van der Waals surface area contributed by atoms with E-state index in [9.17, 15) is 13.2 Å². The van der Waals surface area contributed by atoms with Crippen LogP contribution in [0, 0.1) is 6.92 Å². The highest BCUT2D eigenvalue weighted by atomic mass is 32.2. The van der Waals surface area contributed by atoms with Crippen LogP contribution < -0.4 is 14.8 Å². The summed E-state index contributed by atoms with van der Waals surface area (Å²) in [4.78, 5) is 12.2. The van der Waals surface area contributed by atoms with Crippen molar-refractivity contribution in [1.82, 2.24) is 5.32 Å². The molecular weight excluding hydrogens is 396 g/mol. The van der Waals surface area contributed by atoms with Crippen molar-refractivity contribution in [3.63, 3.8) is 0 Å². The fourth-order valence-corrected chi connectivity index (χ4v) is 4.51. The SMILES string of the molecule is Cc1ccccc1OCCNC(=O)c1ccc(NS(=O)(=O)c2cccs2)cc1. The van der Waals surface area contributed by atoms with Gasteiger partial charge >= 0.3 is 0 Å². The number of carbonyl (C=O) groups excluding carboxylic acids is 1. The molecule has 0 aliphatic carbocycles. The molecule has 1 amide bonds. The Labute approximate surface area is 168 Å². The van der Waals surface area contributed by atoms with Gasteiger partial charge in [-0.05, 0) is 54.3 Å². The summed E-state index contributed by atoms with van der Waals surface area (Å²) in [5.74, 6) is 0.542. The maximum Gasteiger partial charge on any atom is 0.271 e. The highest BCUT2D eigenvalue weighted by Crippen LogP contribution is 2.20. The minimum Gasteiger partial charge on any atom is -0.491 e. The Bertz CT molecular complexity index is 1030. The molecule has 2 N–H and O–H groups in total. The number of carbonyl (C=O) groups is 1. The van der Waals surface area contributed by atoms with Gasteiger partial charge in [-0.2, -0.15) is 0 Å². The van der Waals surface area contributed by atoms with E-state index in [-0.39, 0.29) is 10.1 Å². The zero-order chi connectivity index (χ0) is 20.0. The third-order valence-corrected chi connectivity index (χ3v) is 6.68. The van der Waals surface area contributed by atoms with Gasteiger partial charge in [0.25, 0.3) is 15.9 Å². The van der Waals surface area contributed by atoms with Gasteiger partial charge < -0.3 is 10.1 Å². The van der Waals surface area contributed by atoms with E-state index in [1.54, 1.807) is 35.7 Å². The van der Waals surface area contributed by atoms with Gasteiger partial charge in [0.05, 0.1) is 6.54 Å². The van der Waals surface area contributed by atoms with Crippen molar-refractivity contribution in [2.75, 3.05) is 17.9 Å². The average molecular weight is 417 g/mol. The fourth-order valence-electron chi connectivity index (χ4n) is 2.46. The zero-order valence-corrected chi connectivity index (χ0v) is 16.8. The predicted octanol–water partition coefficient (Wildman–Crippen LogP) is 3.67. The van der Waals surface area contributed by atoms with Crippen molar-refractivity contribution in [3.05, 3.63) is 77.2 Å². The summed E-state index contributed by atoms with van der Waals surface area (Å²) in [7, 11) is -3.60. The van der Waals surface area contributed by atoms with Crippen LogP contribution in [0.2, 0.25) is 0 Å². The number of hydrogen-bond donors (Lipinski definition) is 2. The van der Waals surface area contributed by atoms with Gasteiger partial charge in [0.15, 0.2) is 0 Å². The monoisotopic (exact) mass is 416 g/mol. The van der Waals surface area contributed by atoms with Gasteiger partial charge in [-0.25, -0.2) is 8.42 Å². The number of anilines is 1. The fraction of sp³-hybridized carbons (Fsp3) is 0.150. The second-order valence-electron chi connectivity index (χ2n) is 5.98. The van der Waals surface area contributed by atoms with Crippen molar-refractivity contribution < 1.29 is 17.9 Å². The zero-order valence-electron chi connectivity index (χ0n) is 15.2. The molecule has 0 radical (unpaired) electrons. The second-order valence-corrected chi connectivity index (χ2v) is 8.84. The van der Waals surface area contributed by atoms with Gasteiger partial charge in [0.2, 0.25) is 0 Å². The van der Waals surface area contributed by atoms with Gasteiger partial charge in [0.1, 0.15) is 16.6 Å². The van der Waals surface area contributed by atoms with E-state index in [0.717, 1.165) is 22.6 Å². The smallest absolute Gasteiger partial charge is 0.271 e. The maximum atomic E-state index is 12.2. The Hall–Kier alpha value is -2.84. The van der Waals surface area contributed by atoms with Gasteiger partial charge in [-0.1, -0.05) is 24.3 Å². The highest BCUT2D eigenvalue weighted by molar-refractivity contribution is 7.94. The van der Waals surface area contributed by atoms with Crippen LogP contribution in [-0.2, 0) is 10.0 Å². The first-order valence-corrected chi connectivity index (χ1v) is 10.9. The summed E-state index contributed by atoms with van der Waals surface area (Å²) in [6.07, 6.45) is 0. The molecule has 1 aromatic heterocycles. The summed E-state index contributed by atoms with van der Waals surface area (Å²) >= 11 is 1.14. The van der Waals surface area contributed by atoms with E-state index in [4.69, 9.17) is 4.74 Å². The topological polar surface area (TPSA) is 84.5 Å². The third kappa shape index (κ3) is 5.11. The molecule has 0 atom stereocenters. The molecule has 0 unspecified atom stereocenters. The normalized spacial score (nSPS) is 11.0. The molecule has 0 saturated heterocycles. The number of sulfonamides is 1. The summed E-state index contributed by atoms with van der Waals surface area (Å²) in [6.45, 7) is 2.68. The Morgan fingerprint density at radius 3 is 2.46 bits per heavy atom. The van der Waals surface area contributed by atoms with E-state index >= 15 is 0 Å².